The molecule has 2 aromatic rings. The highest BCUT2D eigenvalue weighted by molar-refractivity contribution is 5.81. The number of ether oxygens (including phenoxy) is 1. The summed E-state index contributed by atoms with van der Waals surface area (Å²) in [5.41, 5.74) is 0.453. The van der Waals surface area contributed by atoms with E-state index in [1.807, 2.05) is 0 Å². The lowest BCUT2D eigenvalue weighted by Crippen LogP contribution is -2.34. The van der Waals surface area contributed by atoms with Crippen molar-refractivity contribution in [1.82, 2.24) is 5.32 Å². The highest BCUT2D eigenvalue weighted by Crippen LogP contribution is 2.23. The van der Waals surface area contributed by atoms with E-state index in [0.29, 0.717) is 0 Å². The quantitative estimate of drug-likeness (QED) is 0.844. The first-order valence-electron chi connectivity index (χ1n) is 7.05. The fraction of sp³-hybridized carbons (Fsp3) is 0.176. The van der Waals surface area contributed by atoms with Crippen LogP contribution in [0.3, 0.4) is 0 Å². The van der Waals surface area contributed by atoms with Crippen molar-refractivity contribution >= 4 is 12.1 Å². The molecule has 0 aliphatic rings. The predicted octanol–water partition coefficient (Wildman–Crippen LogP) is 3.68. The second kappa shape index (κ2) is 8.05. The Morgan fingerprint density at radius 2 is 1.71 bits per heavy atom. The number of amides is 1. The Morgan fingerprint density at radius 3 is 2.33 bits per heavy atom. The molecule has 1 amide bonds. The third-order valence-electron chi connectivity index (χ3n) is 3.22. The Labute approximate surface area is 136 Å². The number of carbonyl (C=O) groups is 2. The molecule has 0 fully saturated rings. The molecule has 0 saturated heterocycles. The van der Waals surface area contributed by atoms with Gasteiger partial charge in [-0.2, -0.15) is 0 Å². The Morgan fingerprint density at radius 1 is 1.04 bits per heavy atom. The van der Waals surface area contributed by atoms with E-state index in [2.05, 4.69) is 5.32 Å². The molecule has 2 N–H and O–H groups in total. The highest BCUT2D eigenvalue weighted by atomic mass is 19.3. The molecule has 0 radical (unpaired) electrons. The van der Waals surface area contributed by atoms with Gasteiger partial charge in [-0.05, 0) is 17.2 Å². The summed E-state index contributed by atoms with van der Waals surface area (Å²) in [4.78, 5) is 23.1. The number of hydrogen-bond acceptors (Lipinski definition) is 3. The zero-order chi connectivity index (χ0) is 17.5. The summed E-state index contributed by atoms with van der Waals surface area (Å²) >= 11 is 0. The monoisotopic (exact) mass is 335 g/mol. The highest BCUT2D eigenvalue weighted by Gasteiger charge is 2.24. The van der Waals surface area contributed by atoms with Crippen molar-refractivity contribution in [2.24, 2.45) is 0 Å². The Bertz CT molecular complexity index is 707. The zero-order valence-corrected chi connectivity index (χ0v) is 12.5. The normalized spacial score (nSPS) is 11.8. The van der Waals surface area contributed by atoms with Crippen molar-refractivity contribution in [1.29, 1.82) is 0 Å². The van der Waals surface area contributed by atoms with Gasteiger partial charge in [-0.25, -0.2) is 18.4 Å². The lowest BCUT2D eigenvalue weighted by atomic mass is 10.0. The third-order valence-corrected chi connectivity index (χ3v) is 3.22. The van der Waals surface area contributed by atoms with Gasteiger partial charge in [-0.1, -0.05) is 48.5 Å². The van der Waals surface area contributed by atoms with Gasteiger partial charge in [0.1, 0.15) is 6.61 Å². The summed E-state index contributed by atoms with van der Waals surface area (Å²) in [5.74, 6) is -1.38. The Kier molecular flexibility index (Phi) is 5.83. The van der Waals surface area contributed by atoms with E-state index < -0.39 is 24.5 Å². The number of nitrogens with one attached hydrogen (secondary N) is 1. The summed E-state index contributed by atoms with van der Waals surface area (Å²) in [6, 6.07) is 12.2. The number of rotatable bonds is 6. The molecule has 2 rings (SSSR count). The average molecular weight is 335 g/mol. The minimum Gasteiger partial charge on any atom is -0.479 e. The van der Waals surface area contributed by atoms with Crippen LogP contribution in [0.4, 0.5) is 13.6 Å². The van der Waals surface area contributed by atoms with Gasteiger partial charge in [0.2, 0.25) is 0 Å². The molecule has 0 heterocycles. The Balaban J connectivity index is 2.04. The van der Waals surface area contributed by atoms with Crippen LogP contribution in [-0.2, 0) is 16.1 Å². The topological polar surface area (TPSA) is 75.6 Å². The summed E-state index contributed by atoms with van der Waals surface area (Å²) < 4.78 is 30.4. The van der Waals surface area contributed by atoms with Gasteiger partial charge in [0.15, 0.2) is 6.04 Å². The summed E-state index contributed by atoms with van der Waals surface area (Å²) in [6.45, 7) is -0.0317. The van der Waals surface area contributed by atoms with Gasteiger partial charge in [0, 0.05) is 5.56 Å². The van der Waals surface area contributed by atoms with Crippen molar-refractivity contribution in [3.8, 4) is 0 Å². The minimum atomic E-state index is -2.73. The number of alkyl halides is 2. The Hall–Kier alpha value is -2.96. The molecule has 0 aromatic heterocycles. The first kappa shape index (κ1) is 17.4. The van der Waals surface area contributed by atoms with Crippen LogP contribution >= 0.6 is 0 Å². The largest absolute Gasteiger partial charge is 0.479 e. The molecule has 2 aromatic carbocycles. The van der Waals surface area contributed by atoms with E-state index in [-0.39, 0.29) is 17.7 Å². The number of aliphatic carboxylic acids is 1. The van der Waals surface area contributed by atoms with Gasteiger partial charge in [0.25, 0.3) is 6.43 Å². The predicted molar refractivity (Wildman–Crippen MR) is 81.5 cm³/mol. The van der Waals surface area contributed by atoms with Crippen LogP contribution in [0.25, 0.3) is 0 Å². The molecular weight excluding hydrogens is 320 g/mol. The summed E-state index contributed by atoms with van der Waals surface area (Å²) in [7, 11) is 0. The SMILES string of the molecule is O=C(NC(C(=O)O)c1cccc(C(F)F)c1)OCc1ccccc1. The molecule has 1 unspecified atom stereocenters. The molecule has 7 heteroatoms. The van der Waals surface area contributed by atoms with Gasteiger partial charge >= 0.3 is 12.1 Å². The van der Waals surface area contributed by atoms with E-state index in [9.17, 15) is 23.5 Å². The number of carbonyl (C=O) groups excluding carboxylic acids is 1. The lowest BCUT2D eigenvalue weighted by molar-refractivity contribution is -0.139. The van der Waals surface area contributed by atoms with Crippen LogP contribution in [0, 0.1) is 0 Å². The first-order chi connectivity index (χ1) is 11.5. The average Bonchev–Trinajstić information content (AvgIpc) is 2.58. The molecule has 0 saturated carbocycles. The van der Waals surface area contributed by atoms with Gasteiger partial charge in [0.05, 0.1) is 0 Å². The van der Waals surface area contributed by atoms with Crippen LogP contribution in [0.5, 0.6) is 0 Å². The standard InChI is InChI=1S/C17H15F2NO4/c18-15(19)13-8-4-7-12(9-13)14(16(21)22)20-17(23)24-10-11-5-2-1-3-6-11/h1-9,14-15H,10H2,(H,20,23)(H,21,22). The molecule has 0 spiro atoms. The number of hydrogen-bond donors (Lipinski definition) is 2. The molecular formula is C17H15F2NO4. The van der Waals surface area contributed by atoms with Crippen LogP contribution in [-0.4, -0.2) is 17.2 Å². The van der Waals surface area contributed by atoms with E-state index >= 15 is 0 Å². The van der Waals surface area contributed by atoms with Gasteiger partial charge in [-0.3, -0.25) is 0 Å². The van der Waals surface area contributed by atoms with Crippen molar-refractivity contribution in [3.63, 3.8) is 0 Å². The van der Waals surface area contributed by atoms with Crippen LogP contribution in [0.15, 0.2) is 54.6 Å². The number of carboxylic acid groups (broad SMARTS) is 1. The van der Waals surface area contributed by atoms with E-state index in [1.54, 1.807) is 30.3 Å². The molecule has 126 valence electrons. The maximum atomic E-state index is 12.7. The lowest BCUT2D eigenvalue weighted by Gasteiger charge is -2.16. The van der Waals surface area contributed by atoms with Crippen molar-refractivity contribution in [2.45, 2.75) is 19.1 Å². The van der Waals surface area contributed by atoms with E-state index in [1.165, 1.54) is 18.2 Å². The molecule has 1 atom stereocenters. The summed E-state index contributed by atoms with van der Waals surface area (Å²) in [5, 5.41) is 11.4. The van der Waals surface area contributed by atoms with E-state index in [0.717, 1.165) is 11.6 Å². The van der Waals surface area contributed by atoms with Crippen LogP contribution in [0.1, 0.15) is 29.2 Å². The fourth-order valence-corrected chi connectivity index (χ4v) is 2.04. The van der Waals surface area contributed by atoms with Gasteiger partial charge in [-0.15, -0.1) is 0 Å². The molecule has 0 bridgehead atoms. The smallest absolute Gasteiger partial charge is 0.408 e. The maximum absolute atomic E-state index is 12.7. The van der Waals surface area contributed by atoms with Crippen LogP contribution < -0.4 is 5.32 Å². The number of alkyl carbamates (subject to hydrolysis) is 1. The van der Waals surface area contributed by atoms with Crippen LogP contribution in [0.2, 0.25) is 0 Å². The van der Waals surface area contributed by atoms with E-state index in [4.69, 9.17) is 4.74 Å². The van der Waals surface area contributed by atoms with Crippen molar-refractivity contribution < 1.29 is 28.2 Å². The number of benzene rings is 2. The molecule has 24 heavy (non-hydrogen) atoms. The molecule has 5 nitrogen and oxygen atoms in total. The zero-order valence-electron chi connectivity index (χ0n) is 12.5. The molecule has 0 aliphatic heterocycles. The molecule has 0 aliphatic carbocycles. The second-order valence-corrected chi connectivity index (χ2v) is 4.95. The summed E-state index contributed by atoms with van der Waals surface area (Å²) in [6.07, 6.45) is -3.68. The minimum absolute atomic E-state index is 0.0317. The van der Waals surface area contributed by atoms with Crippen molar-refractivity contribution in [3.05, 3.63) is 71.3 Å². The van der Waals surface area contributed by atoms with Crippen molar-refractivity contribution in [2.75, 3.05) is 0 Å². The second-order valence-electron chi connectivity index (χ2n) is 4.95. The number of carboxylic acids is 1. The fourth-order valence-electron chi connectivity index (χ4n) is 2.04. The number of halogens is 2. The maximum Gasteiger partial charge on any atom is 0.408 e. The van der Waals surface area contributed by atoms with Gasteiger partial charge < -0.3 is 15.2 Å². The third kappa shape index (κ3) is 4.77. The first-order valence-corrected chi connectivity index (χ1v) is 7.05.